The highest BCUT2D eigenvalue weighted by molar-refractivity contribution is 7.22. The van der Waals surface area contributed by atoms with Crippen molar-refractivity contribution in [2.45, 2.75) is 19.9 Å². The highest BCUT2D eigenvalue weighted by atomic mass is 35.5. The van der Waals surface area contributed by atoms with E-state index in [-0.39, 0.29) is 32.7 Å². The van der Waals surface area contributed by atoms with Crippen LogP contribution in [0.15, 0.2) is 54.1 Å². The summed E-state index contributed by atoms with van der Waals surface area (Å²) in [6.07, 6.45) is 0. The highest BCUT2D eigenvalue weighted by Gasteiger charge is 2.48. The van der Waals surface area contributed by atoms with Crippen LogP contribution in [0.25, 0.3) is 16.0 Å². The first-order valence-corrected chi connectivity index (χ1v) is 12.7. The van der Waals surface area contributed by atoms with Gasteiger partial charge in [0.05, 0.1) is 39.5 Å². The number of rotatable bonds is 4. The molecule has 1 aliphatic heterocycles. The number of anilines is 1. The van der Waals surface area contributed by atoms with Gasteiger partial charge in [0.25, 0.3) is 5.78 Å². The van der Waals surface area contributed by atoms with Gasteiger partial charge in [0.2, 0.25) is 0 Å². The molecule has 37 heavy (non-hydrogen) atoms. The summed E-state index contributed by atoms with van der Waals surface area (Å²) in [7, 11) is 1.37. The van der Waals surface area contributed by atoms with Gasteiger partial charge in [-0.2, -0.15) is 0 Å². The predicted octanol–water partition coefficient (Wildman–Crippen LogP) is 6.56. The summed E-state index contributed by atoms with van der Waals surface area (Å²) >= 11 is 13.7. The second-order valence-electron chi connectivity index (χ2n) is 8.63. The number of Topliss-reactive ketones (excluding diaryl/α,β-unsaturated/α-hetero) is 1. The van der Waals surface area contributed by atoms with E-state index in [4.69, 9.17) is 27.9 Å². The van der Waals surface area contributed by atoms with Crippen LogP contribution in [-0.4, -0.2) is 34.0 Å². The van der Waals surface area contributed by atoms with E-state index in [2.05, 4.69) is 4.98 Å². The van der Waals surface area contributed by atoms with Crippen LogP contribution in [0, 0.1) is 13.8 Å². The van der Waals surface area contributed by atoms with E-state index >= 15 is 0 Å². The van der Waals surface area contributed by atoms with Crippen molar-refractivity contribution in [2.75, 3.05) is 12.0 Å². The molecule has 4 aromatic rings. The van der Waals surface area contributed by atoms with Crippen molar-refractivity contribution in [3.63, 3.8) is 0 Å². The first kappa shape index (κ1) is 25.1. The average molecular weight is 555 g/mol. The summed E-state index contributed by atoms with van der Waals surface area (Å²) in [4.78, 5) is 32.9. The summed E-state index contributed by atoms with van der Waals surface area (Å²) in [5, 5.41) is 21.9. The van der Waals surface area contributed by atoms with Crippen molar-refractivity contribution >= 4 is 67.3 Å². The van der Waals surface area contributed by atoms with Gasteiger partial charge in [0, 0.05) is 5.02 Å². The molecule has 1 saturated heterocycles. The Balaban J connectivity index is 1.77. The van der Waals surface area contributed by atoms with Crippen molar-refractivity contribution < 1.29 is 24.5 Å². The number of phenols is 1. The van der Waals surface area contributed by atoms with Gasteiger partial charge in [0.1, 0.15) is 17.3 Å². The molecule has 188 valence electrons. The zero-order chi connectivity index (χ0) is 26.6. The Bertz CT molecular complexity index is 1590. The van der Waals surface area contributed by atoms with Crippen molar-refractivity contribution in [2.24, 2.45) is 0 Å². The van der Waals surface area contributed by atoms with Gasteiger partial charge in [-0.3, -0.25) is 14.5 Å². The summed E-state index contributed by atoms with van der Waals surface area (Å²) in [6.45, 7) is 3.96. The summed E-state index contributed by atoms with van der Waals surface area (Å²) in [5.41, 5.74) is 3.18. The number of aromatic nitrogens is 1. The maximum absolute atomic E-state index is 13.5. The van der Waals surface area contributed by atoms with Crippen LogP contribution in [0.2, 0.25) is 10.0 Å². The van der Waals surface area contributed by atoms with E-state index in [9.17, 15) is 19.8 Å². The third kappa shape index (κ3) is 4.21. The van der Waals surface area contributed by atoms with Gasteiger partial charge >= 0.3 is 5.91 Å². The summed E-state index contributed by atoms with van der Waals surface area (Å²) in [5.74, 6) is -2.13. The molecule has 1 amide bonds. The Kier molecular flexibility index (Phi) is 6.35. The number of phenolic OH excluding ortho intramolecular Hbond substituents is 1. The Hall–Kier alpha value is -3.59. The molecule has 1 unspecified atom stereocenters. The summed E-state index contributed by atoms with van der Waals surface area (Å²) in [6, 6.07) is 11.8. The molecule has 7 nitrogen and oxygen atoms in total. The number of aryl methyl sites for hydroxylation is 2. The first-order chi connectivity index (χ1) is 17.6. The fourth-order valence-corrected chi connectivity index (χ4v) is 6.00. The van der Waals surface area contributed by atoms with Gasteiger partial charge in [-0.25, -0.2) is 4.98 Å². The van der Waals surface area contributed by atoms with Crippen molar-refractivity contribution in [3.05, 3.63) is 86.4 Å². The number of hydrogen-bond acceptors (Lipinski definition) is 7. The maximum Gasteiger partial charge on any atom is 0.301 e. The molecule has 0 radical (unpaired) electrons. The molecule has 2 heterocycles. The molecule has 0 spiro atoms. The SMILES string of the molecule is COc1c(Cl)cc(Cl)cc1/C(O)=C1\C(=O)C(=O)N(c2nc3cc(C)c(C)cc3s2)C1c1ccc(O)cc1. The molecule has 3 aromatic carbocycles. The van der Waals surface area contributed by atoms with Gasteiger partial charge in [-0.15, -0.1) is 0 Å². The van der Waals surface area contributed by atoms with Crippen LogP contribution in [-0.2, 0) is 9.59 Å². The number of aliphatic hydroxyl groups is 1. The minimum atomic E-state index is -1.04. The molecular weight excluding hydrogens is 535 g/mol. The van der Waals surface area contributed by atoms with Crippen molar-refractivity contribution in [3.8, 4) is 11.5 Å². The lowest BCUT2D eigenvalue weighted by molar-refractivity contribution is -0.132. The number of aromatic hydroxyl groups is 1. The Morgan fingerprint density at radius 1 is 1.05 bits per heavy atom. The number of fused-ring (bicyclic) bond motifs is 1. The monoisotopic (exact) mass is 554 g/mol. The Morgan fingerprint density at radius 2 is 1.73 bits per heavy atom. The van der Waals surface area contributed by atoms with Crippen LogP contribution in [0.4, 0.5) is 5.13 Å². The number of benzene rings is 3. The predicted molar refractivity (Wildman–Crippen MR) is 145 cm³/mol. The topological polar surface area (TPSA) is 100.0 Å². The number of hydrogen-bond donors (Lipinski definition) is 2. The van der Waals surface area contributed by atoms with Crippen LogP contribution in [0.1, 0.15) is 28.3 Å². The molecule has 1 aliphatic rings. The number of amides is 1. The van der Waals surface area contributed by atoms with E-state index in [0.29, 0.717) is 16.2 Å². The number of thiazole rings is 1. The lowest BCUT2D eigenvalue weighted by Crippen LogP contribution is -2.29. The minimum Gasteiger partial charge on any atom is -0.508 e. The number of aliphatic hydroxyl groups excluding tert-OH is 1. The average Bonchev–Trinajstić information content (AvgIpc) is 3.36. The summed E-state index contributed by atoms with van der Waals surface area (Å²) < 4.78 is 6.22. The molecule has 0 bridgehead atoms. The van der Waals surface area contributed by atoms with Crippen molar-refractivity contribution in [1.29, 1.82) is 0 Å². The molecule has 1 fully saturated rings. The van der Waals surface area contributed by atoms with Gasteiger partial charge in [0.15, 0.2) is 5.13 Å². The zero-order valence-electron chi connectivity index (χ0n) is 19.9. The largest absolute Gasteiger partial charge is 0.508 e. The van der Waals surface area contributed by atoms with E-state index in [1.165, 1.54) is 47.6 Å². The third-order valence-corrected chi connectivity index (χ3v) is 7.84. The number of methoxy groups -OCH3 is 1. The number of carbonyl (C=O) groups is 2. The third-order valence-electron chi connectivity index (χ3n) is 6.32. The van der Waals surface area contributed by atoms with E-state index in [1.54, 1.807) is 12.1 Å². The molecule has 1 atom stereocenters. The molecule has 2 N–H and O–H groups in total. The second kappa shape index (κ2) is 9.37. The molecule has 5 rings (SSSR count). The normalized spacial score (nSPS) is 17.1. The fraction of sp³-hybridized carbons (Fsp3) is 0.148. The number of ketones is 1. The number of nitrogens with zero attached hydrogens (tertiary/aromatic N) is 2. The quantitative estimate of drug-likeness (QED) is 0.168. The van der Waals surface area contributed by atoms with E-state index in [1.807, 2.05) is 26.0 Å². The van der Waals surface area contributed by atoms with Gasteiger partial charge < -0.3 is 14.9 Å². The standard InChI is InChI=1S/C27H20Cl2N2O5S/c1-12-8-19-20(9-13(12)2)37-27(30-19)31-22(14-4-6-16(32)7-5-14)21(24(34)26(31)35)23(33)17-10-15(28)11-18(29)25(17)36-3/h4-11,22,32-33H,1-3H3/b23-21+. The van der Waals surface area contributed by atoms with Crippen LogP contribution in [0.5, 0.6) is 11.5 Å². The maximum atomic E-state index is 13.5. The van der Waals surface area contributed by atoms with Crippen molar-refractivity contribution in [1.82, 2.24) is 4.98 Å². The van der Waals surface area contributed by atoms with Crippen LogP contribution < -0.4 is 9.64 Å². The number of halogens is 2. The van der Waals surface area contributed by atoms with E-state index < -0.39 is 23.5 Å². The number of ether oxygens (including phenoxy) is 1. The molecule has 0 saturated carbocycles. The van der Waals surface area contributed by atoms with Crippen LogP contribution in [0.3, 0.4) is 0 Å². The Labute approximate surface area is 226 Å². The molecular formula is C27H20Cl2N2O5S. The minimum absolute atomic E-state index is 0.00920. The number of carbonyl (C=O) groups excluding carboxylic acids is 2. The Morgan fingerprint density at radius 3 is 2.41 bits per heavy atom. The lowest BCUT2D eigenvalue weighted by Gasteiger charge is -2.23. The highest BCUT2D eigenvalue weighted by Crippen LogP contribution is 2.46. The first-order valence-electron chi connectivity index (χ1n) is 11.1. The second-order valence-corrected chi connectivity index (χ2v) is 10.5. The van der Waals surface area contributed by atoms with Gasteiger partial charge in [-0.05, 0) is 66.9 Å². The van der Waals surface area contributed by atoms with Gasteiger partial charge in [-0.1, -0.05) is 46.7 Å². The zero-order valence-corrected chi connectivity index (χ0v) is 22.2. The van der Waals surface area contributed by atoms with E-state index in [0.717, 1.165) is 15.8 Å². The fourth-order valence-electron chi connectivity index (χ4n) is 4.36. The van der Waals surface area contributed by atoms with Crippen LogP contribution >= 0.6 is 34.5 Å². The smallest absolute Gasteiger partial charge is 0.301 e. The molecule has 10 heteroatoms. The molecule has 1 aromatic heterocycles. The molecule has 0 aliphatic carbocycles. The lowest BCUT2D eigenvalue weighted by atomic mass is 9.95.